The van der Waals surface area contributed by atoms with Crippen LogP contribution in [0.25, 0.3) is 0 Å². The Hall–Kier alpha value is -1.22. The Kier molecular flexibility index (Phi) is 6.13. The maximum atomic E-state index is 12.3. The lowest BCUT2D eigenvalue weighted by molar-refractivity contribution is -0.132. The summed E-state index contributed by atoms with van der Waals surface area (Å²) in [5, 5.41) is 3.22. The van der Waals surface area contributed by atoms with Gasteiger partial charge in [0, 0.05) is 18.8 Å². The maximum Gasteiger partial charge on any atom is 0.241 e. The van der Waals surface area contributed by atoms with Gasteiger partial charge in [-0.05, 0) is 43.2 Å². The highest BCUT2D eigenvalue weighted by Gasteiger charge is 2.36. The Morgan fingerprint density at radius 1 is 1.00 bits per heavy atom. The number of carbonyl (C=O) groups excluding carboxylic acids is 1. The number of likely N-dealkylation sites (tertiary alicyclic amines) is 1. The van der Waals surface area contributed by atoms with Crippen molar-refractivity contribution in [2.24, 2.45) is 5.41 Å². The van der Waals surface area contributed by atoms with Crippen molar-refractivity contribution in [3.63, 3.8) is 0 Å². The van der Waals surface area contributed by atoms with Gasteiger partial charge in [0.2, 0.25) is 5.91 Å². The molecule has 1 spiro atoms. The van der Waals surface area contributed by atoms with Gasteiger partial charge in [-0.1, -0.05) is 37.5 Å². The number of carbonyl (C=O) groups is 1. The molecule has 2 fully saturated rings. The molecule has 3 nitrogen and oxygen atoms in total. The highest BCUT2D eigenvalue weighted by Crippen LogP contribution is 2.44. The number of rotatable bonds is 3. The molecule has 1 heterocycles. The van der Waals surface area contributed by atoms with Gasteiger partial charge in [-0.2, -0.15) is 0 Å². The second-order valence-corrected chi connectivity index (χ2v) is 6.66. The Morgan fingerprint density at radius 3 is 2.27 bits per heavy atom. The van der Waals surface area contributed by atoms with Gasteiger partial charge in [0.05, 0.1) is 6.54 Å². The van der Waals surface area contributed by atoms with Crippen molar-refractivity contribution in [3.8, 4) is 0 Å². The van der Waals surface area contributed by atoms with Gasteiger partial charge in [-0.3, -0.25) is 4.79 Å². The molecule has 0 aromatic heterocycles. The van der Waals surface area contributed by atoms with Crippen molar-refractivity contribution in [1.82, 2.24) is 4.90 Å². The van der Waals surface area contributed by atoms with Gasteiger partial charge >= 0.3 is 0 Å². The summed E-state index contributed by atoms with van der Waals surface area (Å²) in [5.74, 6) is 0.240. The van der Waals surface area contributed by atoms with Gasteiger partial charge in [0.15, 0.2) is 0 Å². The molecule has 1 aliphatic heterocycles. The van der Waals surface area contributed by atoms with Crippen molar-refractivity contribution < 1.29 is 4.79 Å². The summed E-state index contributed by atoms with van der Waals surface area (Å²) in [6, 6.07) is 9.96. The minimum atomic E-state index is 0. The van der Waals surface area contributed by atoms with Gasteiger partial charge in [0.1, 0.15) is 0 Å². The first-order valence-corrected chi connectivity index (χ1v) is 8.34. The van der Waals surface area contributed by atoms with Crippen LogP contribution in [0, 0.1) is 5.41 Å². The van der Waals surface area contributed by atoms with Crippen LogP contribution < -0.4 is 5.32 Å². The van der Waals surface area contributed by atoms with Crippen LogP contribution in [0.15, 0.2) is 30.3 Å². The molecule has 2 aliphatic rings. The summed E-state index contributed by atoms with van der Waals surface area (Å²) in [6.45, 7) is 2.32. The number of nitrogens with one attached hydrogen (secondary N) is 1. The number of anilines is 1. The zero-order valence-electron chi connectivity index (χ0n) is 13.2. The Balaban J connectivity index is 0.00000176. The largest absolute Gasteiger partial charge is 0.376 e. The van der Waals surface area contributed by atoms with Crippen LogP contribution in [0.1, 0.15) is 44.9 Å². The number of benzene rings is 1. The lowest BCUT2D eigenvalue weighted by Gasteiger charge is -2.44. The predicted molar refractivity (Wildman–Crippen MR) is 93.5 cm³/mol. The third-order valence-corrected chi connectivity index (χ3v) is 5.31. The van der Waals surface area contributed by atoms with E-state index in [1.165, 1.54) is 44.9 Å². The average molecular weight is 323 g/mol. The average Bonchev–Trinajstić information content (AvgIpc) is 2.55. The summed E-state index contributed by atoms with van der Waals surface area (Å²) >= 11 is 0. The summed E-state index contributed by atoms with van der Waals surface area (Å²) in [4.78, 5) is 14.4. The monoisotopic (exact) mass is 322 g/mol. The van der Waals surface area contributed by atoms with E-state index in [2.05, 4.69) is 10.2 Å². The fourth-order valence-electron chi connectivity index (χ4n) is 3.88. The molecule has 1 saturated heterocycles. The molecule has 1 aromatic rings. The normalized spacial score (nSPS) is 20.3. The Bertz CT molecular complexity index is 461. The Morgan fingerprint density at radius 2 is 1.64 bits per heavy atom. The molecular formula is C18H27ClN2O. The number of para-hydroxylation sites is 1. The van der Waals surface area contributed by atoms with E-state index in [1.807, 2.05) is 30.3 Å². The van der Waals surface area contributed by atoms with Gasteiger partial charge in [0.25, 0.3) is 0 Å². The van der Waals surface area contributed by atoms with E-state index >= 15 is 0 Å². The molecule has 3 rings (SSSR count). The second kappa shape index (κ2) is 7.87. The van der Waals surface area contributed by atoms with Crippen molar-refractivity contribution in [1.29, 1.82) is 0 Å². The second-order valence-electron chi connectivity index (χ2n) is 6.66. The molecule has 1 amide bonds. The predicted octanol–water partition coefficient (Wildman–Crippen LogP) is 4.09. The first kappa shape index (κ1) is 17.1. The number of piperidine rings is 1. The summed E-state index contributed by atoms with van der Waals surface area (Å²) < 4.78 is 0. The number of amides is 1. The fraction of sp³-hybridized carbons (Fsp3) is 0.611. The van der Waals surface area contributed by atoms with Crippen LogP contribution in [0.5, 0.6) is 0 Å². The minimum Gasteiger partial charge on any atom is -0.376 e. The smallest absolute Gasteiger partial charge is 0.241 e. The van der Waals surface area contributed by atoms with E-state index in [9.17, 15) is 4.79 Å². The molecule has 0 bridgehead atoms. The fourth-order valence-corrected chi connectivity index (χ4v) is 3.88. The molecule has 1 N–H and O–H groups in total. The maximum absolute atomic E-state index is 12.3. The standard InChI is InChI=1S/C18H26N2O.ClH/c21-17(15-19-16-7-3-1-4-8-16)20-13-11-18(12-14-20)9-5-2-6-10-18;/h1,3-4,7-8,19H,2,5-6,9-15H2;1H. The molecule has 1 aliphatic carbocycles. The SMILES string of the molecule is Cl.O=C(CNc1ccccc1)N1CCC2(CCCCC2)CC1. The summed E-state index contributed by atoms with van der Waals surface area (Å²) in [5.41, 5.74) is 1.59. The third-order valence-electron chi connectivity index (χ3n) is 5.31. The topological polar surface area (TPSA) is 32.3 Å². The van der Waals surface area contributed by atoms with Gasteiger partial charge < -0.3 is 10.2 Å². The minimum absolute atomic E-state index is 0. The summed E-state index contributed by atoms with van der Waals surface area (Å²) in [6.07, 6.45) is 9.39. The van der Waals surface area contributed by atoms with E-state index in [0.717, 1.165) is 18.8 Å². The van der Waals surface area contributed by atoms with Crippen molar-refractivity contribution in [2.45, 2.75) is 44.9 Å². The molecular weight excluding hydrogens is 296 g/mol. The van der Waals surface area contributed by atoms with Crippen molar-refractivity contribution >= 4 is 24.0 Å². The first-order valence-electron chi connectivity index (χ1n) is 8.34. The van der Waals surface area contributed by atoms with Crippen molar-refractivity contribution in [2.75, 3.05) is 25.0 Å². The van der Waals surface area contributed by atoms with Crippen LogP contribution >= 0.6 is 12.4 Å². The molecule has 122 valence electrons. The number of hydrogen-bond donors (Lipinski definition) is 1. The van der Waals surface area contributed by atoms with E-state index < -0.39 is 0 Å². The van der Waals surface area contributed by atoms with Crippen LogP contribution in [0.2, 0.25) is 0 Å². The van der Waals surface area contributed by atoms with Crippen molar-refractivity contribution in [3.05, 3.63) is 30.3 Å². The molecule has 1 aromatic carbocycles. The highest BCUT2D eigenvalue weighted by atomic mass is 35.5. The van der Waals surface area contributed by atoms with E-state index in [0.29, 0.717) is 12.0 Å². The first-order chi connectivity index (χ1) is 10.3. The zero-order valence-corrected chi connectivity index (χ0v) is 14.0. The Labute approximate surface area is 139 Å². The lowest BCUT2D eigenvalue weighted by Crippen LogP contribution is -2.45. The van der Waals surface area contributed by atoms with Crippen LogP contribution in [0.4, 0.5) is 5.69 Å². The van der Waals surface area contributed by atoms with E-state index in [-0.39, 0.29) is 18.3 Å². The highest BCUT2D eigenvalue weighted by molar-refractivity contribution is 5.85. The quantitative estimate of drug-likeness (QED) is 0.909. The zero-order chi connectivity index (χ0) is 14.5. The number of halogens is 1. The molecule has 0 atom stereocenters. The molecule has 1 saturated carbocycles. The molecule has 4 heteroatoms. The molecule has 0 unspecified atom stereocenters. The lowest BCUT2D eigenvalue weighted by atomic mass is 9.68. The van der Waals surface area contributed by atoms with Crippen LogP contribution in [-0.4, -0.2) is 30.4 Å². The number of nitrogens with zero attached hydrogens (tertiary/aromatic N) is 1. The van der Waals surface area contributed by atoms with Gasteiger partial charge in [-0.15, -0.1) is 12.4 Å². The summed E-state index contributed by atoms with van der Waals surface area (Å²) in [7, 11) is 0. The molecule has 22 heavy (non-hydrogen) atoms. The van der Waals surface area contributed by atoms with Crippen LogP contribution in [0.3, 0.4) is 0 Å². The third kappa shape index (κ3) is 4.16. The van der Waals surface area contributed by atoms with Crippen LogP contribution in [-0.2, 0) is 4.79 Å². The van der Waals surface area contributed by atoms with Gasteiger partial charge in [-0.25, -0.2) is 0 Å². The number of hydrogen-bond acceptors (Lipinski definition) is 2. The van der Waals surface area contributed by atoms with E-state index in [4.69, 9.17) is 0 Å². The van der Waals surface area contributed by atoms with E-state index in [1.54, 1.807) is 0 Å². The molecule has 0 radical (unpaired) electrons.